The second kappa shape index (κ2) is 14.7. The van der Waals surface area contributed by atoms with Crippen LogP contribution >= 0.6 is 0 Å². The quantitative estimate of drug-likeness (QED) is 0.298. The van der Waals surface area contributed by atoms with Gasteiger partial charge in [0, 0.05) is 25.1 Å². The zero-order chi connectivity index (χ0) is 30.9. The Balaban J connectivity index is 2.11. The topological polar surface area (TPSA) is 105 Å². The first-order chi connectivity index (χ1) is 20.0. The summed E-state index contributed by atoms with van der Waals surface area (Å²) >= 11 is 0. The van der Waals surface area contributed by atoms with E-state index in [4.69, 9.17) is 9.47 Å². The highest BCUT2D eigenvalue weighted by Crippen LogP contribution is 2.34. The predicted molar refractivity (Wildman–Crippen MR) is 165 cm³/mol. The van der Waals surface area contributed by atoms with Gasteiger partial charge in [-0.1, -0.05) is 67.1 Å². The molecule has 0 fully saturated rings. The van der Waals surface area contributed by atoms with Crippen LogP contribution in [0.1, 0.15) is 37.0 Å². The highest BCUT2D eigenvalue weighted by atomic mass is 32.2. The van der Waals surface area contributed by atoms with Crippen LogP contribution in [-0.2, 0) is 32.6 Å². The summed E-state index contributed by atoms with van der Waals surface area (Å²) in [5.41, 5.74) is 2.86. The Labute approximate surface area is 249 Å². The van der Waals surface area contributed by atoms with Crippen molar-refractivity contribution in [1.29, 1.82) is 0 Å². The molecular weight excluding hydrogens is 554 g/mol. The van der Waals surface area contributed by atoms with E-state index in [9.17, 15) is 18.0 Å². The molecule has 0 spiro atoms. The van der Waals surface area contributed by atoms with Gasteiger partial charge in [0.25, 0.3) is 0 Å². The highest BCUT2D eigenvalue weighted by molar-refractivity contribution is 7.92. The lowest BCUT2D eigenvalue weighted by molar-refractivity contribution is -0.140. The third kappa shape index (κ3) is 8.72. The van der Waals surface area contributed by atoms with Gasteiger partial charge in [0.2, 0.25) is 21.8 Å². The van der Waals surface area contributed by atoms with E-state index in [0.29, 0.717) is 12.2 Å². The van der Waals surface area contributed by atoms with Crippen LogP contribution in [-0.4, -0.2) is 64.2 Å². The fourth-order valence-corrected chi connectivity index (χ4v) is 5.43. The molecule has 1 N–H and O–H groups in total. The number of carbonyl (C=O) groups is 2. The Morgan fingerprint density at radius 2 is 1.62 bits per heavy atom. The average molecular weight is 596 g/mol. The first-order valence-electron chi connectivity index (χ1n) is 13.9. The summed E-state index contributed by atoms with van der Waals surface area (Å²) in [6.45, 7) is 5.39. The number of amides is 2. The minimum Gasteiger partial charge on any atom is -0.497 e. The number of nitrogens with one attached hydrogen (secondary N) is 1. The molecule has 0 heterocycles. The minimum atomic E-state index is -3.96. The van der Waals surface area contributed by atoms with Gasteiger partial charge >= 0.3 is 0 Å². The second-order valence-electron chi connectivity index (χ2n) is 10.3. The van der Waals surface area contributed by atoms with Crippen molar-refractivity contribution in [2.75, 3.05) is 31.3 Å². The zero-order valence-corrected chi connectivity index (χ0v) is 26.0. The smallest absolute Gasteiger partial charge is 0.244 e. The summed E-state index contributed by atoms with van der Waals surface area (Å²) in [7, 11) is -1.07. The first-order valence-corrected chi connectivity index (χ1v) is 15.7. The lowest BCUT2D eigenvalue weighted by Crippen LogP contribution is -2.54. The van der Waals surface area contributed by atoms with Crippen molar-refractivity contribution < 1.29 is 27.5 Å². The fourth-order valence-electron chi connectivity index (χ4n) is 4.59. The molecule has 2 amide bonds. The standard InChI is InChI=1S/C32H41N3O6S/c1-7-24(3)33-32(37)29(19-25-13-9-8-10-14-25)34(21-26-15-11-12-23(2)18-26)31(36)22-35(42(6,38)39)28-20-27(40-4)16-17-30(28)41-5/h8-18,20,24,29H,7,19,21-22H2,1-6H3,(H,33,37)/t24-,29+/m0/s1. The van der Waals surface area contributed by atoms with Gasteiger partial charge in [-0.3, -0.25) is 13.9 Å². The SMILES string of the molecule is CC[C@H](C)NC(=O)[C@@H](Cc1ccccc1)N(Cc1cccc(C)c1)C(=O)CN(c1cc(OC)ccc1OC)S(C)(=O)=O. The average Bonchev–Trinajstić information content (AvgIpc) is 2.97. The van der Waals surface area contributed by atoms with E-state index >= 15 is 0 Å². The van der Waals surface area contributed by atoms with E-state index in [-0.39, 0.29) is 36.4 Å². The molecule has 0 saturated heterocycles. The molecule has 9 nitrogen and oxygen atoms in total. The molecule has 0 unspecified atom stereocenters. The van der Waals surface area contributed by atoms with Crippen LogP contribution in [0.4, 0.5) is 5.69 Å². The monoisotopic (exact) mass is 595 g/mol. The van der Waals surface area contributed by atoms with E-state index in [2.05, 4.69) is 5.32 Å². The lowest BCUT2D eigenvalue weighted by Gasteiger charge is -2.34. The molecule has 0 radical (unpaired) electrons. The number of rotatable bonds is 14. The van der Waals surface area contributed by atoms with Crippen LogP contribution in [0.25, 0.3) is 0 Å². The summed E-state index contributed by atoms with van der Waals surface area (Å²) < 4.78 is 38.0. The van der Waals surface area contributed by atoms with Gasteiger partial charge < -0.3 is 19.7 Å². The number of sulfonamides is 1. The molecule has 226 valence electrons. The maximum absolute atomic E-state index is 14.3. The summed E-state index contributed by atoms with van der Waals surface area (Å²) in [5, 5.41) is 3.03. The highest BCUT2D eigenvalue weighted by Gasteiger charge is 2.34. The summed E-state index contributed by atoms with van der Waals surface area (Å²) in [5.74, 6) is -0.181. The molecule has 0 aliphatic heterocycles. The minimum absolute atomic E-state index is 0.110. The normalized spacial score (nSPS) is 12.6. The van der Waals surface area contributed by atoms with Crippen LogP contribution in [0.15, 0.2) is 72.8 Å². The molecule has 0 saturated carbocycles. The van der Waals surface area contributed by atoms with E-state index in [1.54, 1.807) is 12.1 Å². The third-order valence-corrected chi connectivity index (χ3v) is 8.17. The van der Waals surface area contributed by atoms with Gasteiger partial charge in [0.05, 0.1) is 26.2 Å². The van der Waals surface area contributed by atoms with Crippen molar-refractivity contribution in [3.8, 4) is 11.5 Å². The summed E-state index contributed by atoms with van der Waals surface area (Å²) in [4.78, 5) is 29.5. The van der Waals surface area contributed by atoms with E-state index in [1.807, 2.05) is 75.4 Å². The zero-order valence-electron chi connectivity index (χ0n) is 25.2. The summed E-state index contributed by atoms with van der Waals surface area (Å²) in [6, 6.07) is 20.9. The van der Waals surface area contributed by atoms with Crippen molar-refractivity contribution in [1.82, 2.24) is 10.2 Å². The number of methoxy groups -OCH3 is 2. The molecule has 3 rings (SSSR count). The molecule has 42 heavy (non-hydrogen) atoms. The van der Waals surface area contributed by atoms with Gasteiger partial charge in [-0.25, -0.2) is 8.42 Å². The lowest BCUT2D eigenvalue weighted by atomic mass is 10.0. The molecular formula is C32H41N3O6S. The number of hydrogen-bond acceptors (Lipinski definition) is 6. The maximum Gasteiger partial charge on any atom is 0.244 e. The molecule has 3 aromatic carbocycles. The largest absolute Gasteiger partial charge is 0.497 e. The van der Waals surface area contributed by atoms with Crippen molar-refractivity contribution in [2.24, 2.45) is 0 Å². The third-order valence-electron chi connectivity index (χ3n) is 7.04. The van der Waals surface area contributed by atoms with Crippen molar-refractivity contribution in [2.45, 2.75) is 52.2 Å². The van der Waals surface area contributed by atoms with Crippen LogP contribution in [0, 0.1) is 6.92 Å². The van der Waals surface area contributed by atoms with Crippen LogP contribution in [0.5, 0.6) is 11.5 Å². The fraction of sp³-hybridized carbons (Fsp3) is 0.375. The molecule has 0 bridgehead atoms. The molecule has 10 heteroatoms. The number of ether oxygens (including phenoxy) is 2. The summed E-state index contributed by atoms with van der Waals surface area (Å²) in [6.07, 6.45) is 2.00. The van der Waals surface area contributed by atoms with Gasteiger partial charge in [-0.05, 0) is 43.5 Å². The molecule has 0 aromatic heterocycles. The van der Waals surface area contributed by atoms with E-state index in [0.717, 1.165) is 27.3 Å². The Morgan fingerprint density at radius 1 is 0.929 bits per heavy atom. The Bertz CT molecular complexity index is 1460. The Kier molecular flexibility index (Phi) is 11.4. The van der Waals surface area contributed by atoms with Gasteiger partial charge in [-0.15, -0.1) is 0 Å². The number of carbonyl (C=O) groups excluding carboxylic acids is 2. The molecule has 3 aromatic rings. The van der Waals surface area contributed by atoms with Crippen molar-refractivity contribution in [3.05, 3.63) is 89.5 Å². The van der Waals surface area contributed by atoms with Crippen molar-refractivity contribution in [3.63, 3.8) is 0 Å². The van der Waals surface area contributed by atoms with E-state index in [1.165, 1.54) is 25.2 Å². The van der Waals surface area contributed by atoms with Crippen LogP contribution in [0.2, 0.25) is 0 Å². The van der Waals surface area contributed by atoms with Gasteiger partial charge in [0.15, 0.2) is 0 Å². The number of anilines is 1. The first kappa shape index (κ1) is 32.5. The second-order valence-corrected chi connectivity index (χ2v) is 12.2. The number of aryl methyl sites for hydroxylation is 1. The van der Waals surface area contributed by atoms with Crippen LogP contribution in [0.3, 0.4) is 0 Å². The molecule has 2 atom stereocenters. The Hall–Kier alpha value is -4.05. The van der Waals surface area contributed by atoms with Crippen molar-refractivity contribution >= 4 is 27.5 Å². The number of benzene rings is 3. The molecule has 0 aliphatic rings. The van der Waals surface area contributed by atoms with Gasteiger partial charge in [0.1, 0.15) is 24.1 Å². The van der Waals surface area contributed by atoms with Crippen LogP contribution < -0.4 is 19.1 Å². The van der Waals surface area contributed by atoms with Gasteiger partial charge in [-0.2, -0.15) is 0 Å². The Morgan fingerprint density at radius 3 is 2.21 bits per heavy atom. The molecule has 0 aliphatic carbocycles. The number of hydrogen-bond donors (Lipinski definition) is 1. The predicted octanol–water partition coefficient (Wildman–Crippen LogP) is 4.33. The maximum atomic E-state index is 14.3. The van der Waals surface area contributed by atoms with E-state index < -0.39 is 28.5 Å². The number of nitrogens with zero attached hydrogens (tertiary/aromatic N) is 2.